The molecule has 0 aliphatic carbocycles. The van der Waals surface area contributed by atoms with E-state index >= 15 is 0 Å². The highest BCUT2D eigenvalue weighted by molar-refractivity contribution is 5.80. The van der Waals surface area contributed by atoms with E-state index in [4.69, 9.17) is 14.6 Å². The van der Waals surface area contributed by atoms with Crippen LogP contribution in [0.4, 0.5) is 4.79 Å². The van der Waals surface area contributed by atoms with Crippen molar-refractivity contribution in [2.45, 2.75) is 83.3 Å². The number of ether oxygens (including phenoxy) is 2. The zero-order valence-electron chi connectivity index (χ0n) is 17.5. The Balaban J connectivity index is 1.63. The number of hydrogen-bond acceptors (Lipinski definition) is 5. The minimum absolute atomic E-state index is 0.204. The standard InChI is InChI=1S/C21H36N2O6/c1-2-3-12-22-21(27)28-14-19(24)23-13-16-15(17-10-11-18(16)29-17)8-6-4-5-7-9-20(25)26/h15-18H,2-14H2,1H3,(H,22,27)(H,23,24)(H,25,26)/t15-,16+,17-,18+/m1/s1. The molecule has 2 bridgehead atoms. The van der Waals surface area contributed by atoms with Gasteiger partial charge in [-0.2, -0.15) is 0 Å². The second-order valence-corrected chi connectivity index (χ2v) is 8.13. The molecular weight excluding hydrogens is 376 g/mol. The number of amides is 2. The molecule has 2 aliphatic heterocycles. The number of carboxylic acids is 1. The van der Waals surface area contributed by atoms with Gasteiger partial charge >= 0.3 is 12.1 Å². The van der Waals surface area contributed by atoms with Crippen LogP contribution in [-0.2, 0) is 19.1 Å². The zero-order chi connectivity index (χ0) is 21.1. The summed E-state index contributed by atoms with van der Waals surface area (Å²) in [5.41, 5.74) is 0. The molecule has 2 fully saturated rings. The van der Waals surface area contributed by atoms with E-state index in [0.29, 0.717) is 24.9 Å². The van der Waals surface area contributed by atoms with Gasteiger partial charge in [0.1, 0.15) is 0 Å². The summed E-state index contributed by atoms with van der Waals surface area (Å²) in [6.45, 7) is 2.86. The number of unbranched alkanes of at least 4 members (excludes halogenated alkanes) is 4. The SMILES string of the molecule is CCCCNC(=O)OCC(=O)NC[C@H]1[C@@H](CCCCCCC(=O)O)[C@H]2CC[C@@H]1O2. The summed E-state index contributed by atoms with van der Waals surface area (Å²) in [7, 11) is 0. The summed E-state index contributed by atoms with van der Waals surface area (Å²) in [5.74, 6) is -0.280. The number of alkyl carbamates (subject to hydrolysis) is 1. The Bertz CT molecular complexity index is 541. The Morgan fingerprint density at radius 1 is 1.00 bits per heavy atom. The summed E-state index contributed by atoms with van der Waals surface area (Å²) in [5, 5.41) is 14.2. The zero-order valence-corrected chi connectivity index (χ0v) is 17.5. The second-order valence-electron chi connectivity index (χ2n) is 8.13. The van der Waals surface area contributed by atoms with Crippen LogP contribution in [0.25, 0.3) is 0 Å². The lowest BCUT2D eigenvalue weighted by Gasteiger charge is -2.28. The number of hydrogen-bond donors (Lipinski definition) is 3. The molecule has 0 radical (unpaired) electrons. The molecule has 0 aromatic carbocycles. The minimum Gasteiger partial charge on any atom is -0.481 e. The molecule has 0 aromatic rings. The monoisotopic (exact) mass is 412 g/mol. The van der Waals surface area contributed by atoms with Gasteiger partial charge in [0.25, 0.3) is 5.91 Å². The van der Waals surface area contributed by atoms with Gasteiger partial charge < -0.3 is 25.2 Å². The molecule has 0 spiro atoms. The second kappa shape index (κ2) is 12.7. The van der Waals surface area contributed by atoms with Crippen molar-refractivity contribution in [2.24, 2.45) is 11.8 Å². The van der Waals surface area contributed by atoms with E-state index in [-0.39, 0.29) is 31.1 Å². The van der Waals surface area contributed by atoms with Crippen molar-refractivity contribution in [1.29, 1.82) is 0 Å². The number of rotatable bonds is 14. The average Bonchev–Trinajstić information content (AvgIpc) is 3.29. The molecule has 2 aliphatic rings. The number of aliphatic carboxylic acids is 1. The molecule has 29 heavy (non-hydrogen) atoms. The normalized spacial score (nSPS) is 25.0. The first kappa shape index (κ1) is 23.4. The van der Waals surface area contributed by atoms with Gasteiger partial charge in [0.05, 0.1) is 12.2 Å². The highest BCUT2D eigenvalue weighted by atomic mass is 16.6. The fourth-order valence-electron chi connectivity index (χ4n) is 4.40. The summed E-state index contributed by atoms with van der Waals surface area (Å²) >= 11 is 0. The van der Waals surface area contributed by atoms with E-state index in [1.54, 1.807) is 0 Å². The predicted octanol–water partition coefficient (Wildman–Crippen LogP) is 2.85. The van der Waals surface area contributed by atoms with E-state index in [1.807, 2.05) is 6.92 Å². The van der Waals surface area contributed by atoms with E-state index in [9.17, 15) is 14.4 Å². The molecule has 2 rings (SSSR count). The fourth-order valence-corrected chi connectivity index (χ4v) is 4.40. The van der Waals surface area contributed by atoms with Gasteiger partial charge in [-0.1, -0.05) is 32.6 Å². The van der Waals surface area contributed by atoms with Crippen LogP contribution in [0.1, 0.15) is 71.1 Å². The first-order valence-corrected chi connectivity index (χ1v) is 11.1. The van der Waals surface area contributed by atoms with Gasteiger partial charge in [0.15, 0.2) is 6.61 Å². The van der Waals surface area contributed by atoms with Crippen LogP contribution in [-0.4, -0.2) is 55.0 Å². The smallest absolute Gasteiger partial charge is 0.407 e. The average molecular weight is 413 g/mol. The maximum absolute atomic E-state index is 12.0. The Labute approximate surface area is 173 Å². The lowest BCUT2D eigenvalue weighted by molar-refractivity contribution is -0.137. The Morgan fingerprint density at radius 2 is 1.72 bits per heavy atom. The van der Waals surface area contributed by atoms with Gasteiger partial charge in [-0.15, -0.1) is 0 Å². The van der Waals surface area contributed by atoms with E-state index in [0.717, 1.165) is 57.8 Å². The summed E-state index contributed by atoms with van der Waals surface area (Å²) in [4.78, 5) is 34.1. The maximum atomic E-state index is 12.0. The molecule has 0 saturated carbocycles. The van der Waals surface area contributed by atoms with E-state index in [2.05, 4.69) is 10.6 Å². The molecule has 0 aromatic heterocycles. The highest BCUT2D eigenvalue weighted by Crippen LogP contribution is 2.45. The predicted molar refractivity (Wildman–Crippen MR) is 107 cm³/mol. The number of fused-ring (bicyclic) bond motifs is 2. The topological polar surface area (TPSA) is 114 Å². The first-order valence-electron chi connectivity index (χ1n) is 11.1. The third-order valence-corrected chi connectivity index (χ3v) is 5.94. The lowest BCUT2D eigenvalue weighted by Crippen LogP contribution is -2.40. The number of carbonyl (C=O) groups is 3. The third kappa shape index (κ3) is 8.20. The van der Waals surface area contributed by atoms with Crippen LogP contribution in [0, 0.1) is 11.8 Å². The van der Waals surface area contributed by atoms with Crippen LogP contribution in [0.5, 0.6) is 0 Å². The molecule has 2 amide bonds. The molecular formula is C21H36N2O6. The van der Waals surface area contributed by atoms with Crippen LogP contribution >= 0.6 is 0 Å². The fraction of sp³-hybridized carbons (Fsp3) is 0.857. The molecule has 0 unspecified atom stereocenters. The Kier molecular flexibility index (Phi) is 10.2. The maximum Gasteiger partial charge on any atom is 0.407 e. The van der Waals surface area contributed by atoms with E-state index in [1.165, 1.54) is 0 Å². The van der Waals surface area contributed by atoms with Crippen molar-refractivity contribution in [1.82, 2.24) is 10.6 Å². The summed E-state index contributed by atoms with van der Waals surface area (Å²) < 4.78 is 11.0. The molecule has 8 heteroatoms. The van der Waals surface area contributed by atoms with Gasteiger partial charge in [0.2, 0.25) is 0 Å². The Morgan fingerprint density at radius 3 is 2.45 bits per heavy atom. The molecule has 166 valence electrons. The third-order valence-electron chi connectivity index (χ3n) is 5.94. The number of nitrogens with one attached hydrogen (secondary N) is 2. The molecule has 8 nitrogen and oxygen atoms in total. The number of carboxylic acid groups (broad SMARTS) is 1. The summed E-state index contributed by atoms with van der Waals surface area (Å²) in [6.07, 6.45) is 8.95. The molecule has 4 atom stereocenters. The largest absolute Gasteiger partial charge is 0.481 e. The van der Waals surface area contributed by atoms with Gasteiger partial charge in [-0.05, 0) is 38.0 Å². The highest BCUT2D eigenvalue weighted by Gasteiger charge is 2.48. The number of carbonyl (C=O) groups excluding carboxylic acids is 2. The van der Waals surface area contributed by atoms with Crippen molar-refractivity contribution in [3.05, 3.63) is 0 Å². The van der Waals surface area contributed by atoms with Crippen molar-refractivity contribution < 1.29 is 29.0 Å². The van der Waals surface area contributed by atoms with Gasteiger partial charge in [-0.3, -0.25) is 9.59 Å². The van der Waals surface area contributed by atoms with Crippen molar-refractivity contribution in [3.63, 3.8) is 0 Å². The van der Waals surface area contributed by atoms with Crippen LogP contribution in [0.3, 0.4) is 0 Å². The molecule has 2 saturated heterocycles. The minimum atomic E-state index is -0.732. The summed E-state index contributed by atoms with van der Waals surface area (Å²) in [6, 6.07) is 0. The van der Waals surface area contributed by atoms with Crippen molar-refractivity contribution in [3.8, 4) is 0 Å². The lowest BCUT2D eigenvalue weighted by atomic mass is 9.76. The van der Waals surface area contributed by atoms with Crippen molar-refractivity contribution in [2.75, 3.05) is 19.7 Å². The first-order chi connectivity index (χ1) is 14.0. The molecule has 2 heterocycles. The van der Waals surface area contributed by atoms with Gasteiger partial charge in [-0.25, -0.2) is 4.79 Å². The molecule has 3 N–H and O–H groups in total. The van der Waals surface area contributed by atoms with Gasteiger partial charge in [0, 0.05) is 25.4 Å². The van der Waals surface area contributed by atoms with Crippen LogP contribution in [0.15, 0.2) is 0 Å². The van der Waals surface area contributed by atoms with E-state index < -0.39 is 12.1 Å². The van der Waals surface area contributed by atoms with Crippen molar-refractivity contribution >= 4 is 18.0 Å². The van der Waals surface area contributed by atoms with Crippen LogP contribution < -0.4 is 10.6 Å². The quantitative estimate of drug-likeness (QED) is 0.378. The van der Waals surface area contributed by atoms with Crippen LogP contribution in [0.2, 0.25) is 0 Å². The Hall–Kier alpha value is -1.83.